The molecule has 8 atom stereocenters. The molecule has 32 heavy (non-hydrogen) atoms. The Kier molecular flexibility index (Phi) is 3.86. The first kappa shape index (κ1) is 20.2. The lowest BCUT2D eigenvalue weighted by Gasteiger charge is -2.44. The number of aliphatic hydroxyl groups excluding tert-OH is 1. The Morgan fingerprint density at radius 3 is 2.81 bits per heavy atom. The summed E-state index contributed by atoms with van der Waals surface area (Å²) >= 11 is 0. The molecule has 3 saturated carbocycles. The molecule has 1 aromatic rings. The number of esters is 1. The van der Waals surface area contributed by atoms with Crippen molar-refractivity contribution in [3.63, 3.8) is 0 Å². The maximum absolute atomic E-state index is 13.9. The van der Waals surface area contributed by atoms with Gasteiger partial charge in [-0.1, -0.05) is 43.0 Å². The molecule has 6 nitrogen and oxygen atoms in total. The van der Waals surface area contributed by atoms with Crippen molar-refractivity contribution in [3.05, 3.63) is 60.2 Å². The van der Waals surface area contributed by atoms with Crippen LogP contribution in [-0.2, 0) is 20.9 Å². The first-order valence-electron chi connectivity index (χ1n) is 11.5. The minimum absolute atomic E-state index is 0.0958. The number of amides is 1. The fraction of sp³-hybridized carbons (Fsp3) is 0.538. The summed E-state index contributed by atoms with van der Waals surface area (Å²) in [6.07, 6.45) is 4.69. The number of ether oxygens (including phenoxy) is 1. The number of aliphatic hydroxyl groups is 2. The minimum atomic E-state index is -1.20. The molecular weight excluding hydrogens is 406 g/mol. The number of hydrogen-bond acceptors (Lipinski definition) is 5. The molecule has 1 heterocycles. The molecule has 6 rings (SSSR count). The number of carbonyl (C=O) groups is 2. The van der Waals surface area contributed by atoms with Crippen molar-refractivity contribution in [2.75, 3.05) is 0 Å². The van der Waals surface area contributed by atoms with Crippen LogP contribution in [0.1, 0.15) is 38.2 Å². The van der Waals surface area contributed by atoms with Gasteiger partial charge >= 0.3 is 5.97 Å². The van der Waals surface area contributed by atoms with Gasteiger partial charge in [0.2, 0.25) is 5.91 Å². The summed E-state index contributed by atoms with van der Waals surface area (Å²) in [5, 5.41) is 25.3. The standard InChI is InChI=1S/C26H29NO5/c1-15-12-24-14-25(15,31)10-8-17(24)26-11-9-18(28)23(2,22(30)32-26)20(26)19(24)21(29)27-13-16-6-4-3-5-7-16/h3-7,9,11,17-20,28,31H,1,8,10,12-14H2,2H3,(H,27,29)/t17-,18+,19-,20-,23+,24+,25+,26-/m1/s1. The van der Waals surface area contributed by atoms with E-state index >= 15 is 0 Å². The first-order chi connectivity index (χ1) is 15.2. The smallest absolute Gasteiger partial charge is 0.316 e. The fourth-order valence-corrected chi connectivity index (χ4v) is 8.05. The lowest BCUT2D eigenvalue weighted by Crippen LogP contribution is -2.52. The highest BCUT2D eigenvalue weighted by atomic mass is 16.6. The van der Waals surface area contributed by atoms with E-state index < -0.39 is 45.9 Å². The molecule has 6 heteroatoms. The average molecular weight is 436 g/mol. The van der Waals surface area contributed by atoms with Crippen molar-refractivity contribution in [2.24, 2.45) is 28.6 Å². The lowest BCUT2D eigenvalue weighted by molar-refractivity contribution is -0.160. The lowest BCUT2D eigenvalue weighted by atomic mass is 9.60. The maximum atomic E-state index is 13.9. The van der Waals surface area contributed by atoms with Gasteiger partial charge in [-0.05, 0) is 55.2 Å². The molecule has 4 aliphatic carbocycles. The molecule has 5 aliphatic rings. The van der Waals surface area contributed by atoms with Crippen LogP contribution in [0.15, 0.2) is 54.6 Å². The zero-order valence-corrected chi connectivity index (χ0v) is 18.2. The van der Waals surface area contributed by atoms with Gasteiger partial charge in [-0.25, -0.2) is 0 Å². The Bertz CT molecular complexity index is 1070. The van der Waals surface area contributed by atoms with E-state index in [1.165, 1.54) is 0 Å². The van der Waals surface area contributed by atoms with Gasteiger partial charge < -0.3 is 20.3 Å². The van der Waals surface area contributed by atoms with Crippen LogP contribution in [0.5, 0.6) is 0 Å². The Morgan fingerprint density at radius 2 is 2.06 bits per heavy atom. The second kappa shape index (κ2) is 6.12. The van der Waals surface area contributed by atoms with Crippen LogP contribution in [-0.4, -0.2) is 39.4 Å². The fourth-order valence-electron chi connectivity index (χ4n) is 8.05. The molecular formula is C26H29NO5. The molecule has 1 spiro atoms. The van der Waals surface area contributed by atoms with Crippen LogP contribution in [0.2, 0.25) is 0 Å². The van der Waals surface area contributed by atoms with Crippen LogP contribution >= 0.6 is 0 Å². The Hall–Kier alpha value is -2.44. The van der Waals surface area contributed by atoms with E-state index in [0.29, 0.717) is 32.2 Å². The van der Waals surface area contributed by atoms with Crippen molar-refractivity contribution in [2.45, 2.75) is 56.5 Å². The quantitative estimate of drug-likeness (QED) is 0.500. The molecule has 0 aromatic heterocycles. The number of fused-ring (bicyclic) bond motifs is 1. The highest BCUT2D eigenvalue weighted by Gasteiger charge is 2.83. The SMILES string of the molecule is C=C1C[C@]23C[C@@]1(O)CC[C@H]2[C@@]12C=C[C@H](O)[C@](C)(C(=O)O1)[C@H]2[C@@H]3C(=O)NCc1ccccc1. The molecule has 1 aliphatic heterocycles. The van der Waals surface area contributed by atoms with E-state index in [4.69, 9.17) is 4.74 Å². The predicted molar refractivity (Wildman–Crippen MR) is 116 cm³/mol. The van der Waals surface area contributed by atoms with Gasteiger partial charge in [-0.15, -0.1) is 0 Å². The van der Waals surface area contributed by atoms with E-state index in [0.717, 1.165) is 11.1 Å². The summed E-state index contributed by atoms with van der Waals surface area (Å²) < 4.78 is 6.12. The zero-order chi connectivity index (χ0) is 22.5. The molecule has 1 amide bonds. The summed E-state index contributed by atoms with van der Waals surface area (Å²) in [7, 11) is 0. The molecule has 4 bridgehead atoms. The van der Waals surface area contributed by atoms with Gasteiger partial charge in [0, 0.05) is 18.4 Å². The van der Waals surface area contributed by atoms with Crippen molar-refractivity contribution in [1.29, 1.82) is 0 Å². The van der Waals surface area contributed by atoms with Crippen LogP contribution in [0.4, 0.5) is 0 Å². The van der Waals surface area contributed by atoms with E-state index in [1.807, 2.05) is 36.4 Å². The van der Waals surface area contributed by atoms with Gasteiger partial charge in [0.1, 0.15) is 11.0 Å². The minimum Gasteiger partial charge on any atom is -0.454 e. The van der Waals surface area contributed by atoms with E-state index in [2.05, 4.69) is 11.9 Å². The van der Waals surface area contributed by atoms with E-state index in [9.17, 15) is 19.8 Å². The molecule has 4 fully saturated rings. The highest BCUT2D eigenvalue weighted by molar-refractivity contribution is 5.88. The summed E-state index contributed by atoms with van der Waals surface area (Å²) in [6, 6.07) is 9.70. The zero-order valence-electron chi connectivity index (χ0n) is 18.2. The van der Waals surface area contributed by atoms with Crippen molar-refractivity contribution >= 4 is 11.9 Å². The van der Waals surface area contributed by atoms with Crippen molar-refractivity contribution in [1.82, 2.24) is 5.32 Å². The molecule has 3 N–H and O–H groups in total. The van der Waals surface area contributed by atoms with Crippen molar-refractivity contribution in [3.8, 4) is 0 Å². The Morgan fingerprint density at radius 1 is 1.31 bits per heavy atom. The largest absolute Gasteiger partial charge is 0.454 e. The molecule has 0 unspecified atom stereocenters. The summed E-state index contributed by atoms with van der Waals surface area (Å²) in [5.74, 6) is -1.73. The normalized spacial score (nSPS) is 47.7. The molecule has 1 aromatic carbocycles. The van der Waals surface area contributed by atoms with Gasteiger partial charge in [0.25, 0.3) is 0 Å². The highest BCUT2D eigenvalue weighted by Crippen LogP contribution is 2.77. The third-order valence-electron chi connectivity index (χ3n) is 9.45. The number of rotatable bonds is 3. The number of hydrogen-bond donors (Lipinski definition) is 3. The van der Waals surface area contributed by atoms with Crippen LogP contribution in [0.25, 0.3) is 0 Å². The Balaban J connectivity index is 1.47. The third-order valence-corrected chi connectivity index (χ3v) is 9.45. The van der Waals surface area contributed by atoms with Crippen LogP contribution < -0.4 is 5.32 Å². The molecule has 168 valence electrons. The van der Waals surface area contributed by atoms with Gasteiger partial charge in [0.15, 0.2) is 0 Å². The summed E-state index contributed by atoms with van der Waals surface area (Å²) in [4.78, 5) is 27.0. The predicted octanol–water partition coefficient (Wildman–Crippen LogP) is 2.26. The third kappa shape index (κ3) is 2.17. The number of carbonyl (C=O) groups excluding carboxylic acids is 2. The maximum Gasteiger partial charge on any atom is 0.316 e. The second-order valence-corrected chi connectivity index (χ2v) is 10.8. The second-order valence-electron chi connectivity index (χ2n) is 10.8. The molecule has 1 saturated heterocycles. The van der Waals surface area contributed by atoms with E-state index in [1.54, 1.807) is 13.0 Å². The monoisotopic (exact) mass is 435 g/mol. The van der Waals surface area contributed by atoms with E-state index in [-0.39, 0.29) is 11.8 Å². The summed E-state index contributed by atoms with van der Waals surface area (Å²) in [6.45, 7) is 6.29. The Labute approximate surface area is 187 Å². The molecule has 0 radical (unpaired) electrons. The topological polar surface area (TPSA) is 95.9 Å². The average Bonchev–Trinajstić information content (AvgIpc) is 3.20. The first-order valence-corrected chi connectivity index (χ1v) is 11.5. The van der Waals surface area contributed by atoms with Crippen molar-refractivity contribution < 1.29 is 24.5 Å². The number of benzene rings is 1. The van der Waals surface area contributed by atoms with Gasteiger partial charge in [-0.2, -0.15) is 0 Å². The number of nitrogens with one attached hydrogen (secondary N) is 1. The van der Waals surface area contributed by atoms with Crippen LogP contribution in [0, 0.1) is 28.6 Å². The van der Waals surface area contributed by atoms with Crippen LogP contribution in [0.3, 0.4) is 0 Å². The van der Waals surface area contributed by atoms with Gasteiger partial charge in [0.05, 0.1) is 17.6 Å². The van der Waals surface area contributed by atoms with Gasteiger partial charge in [-0.3, -0.25) is 9.59 Å². The summed E-state index contributed by atoms with van der Waals surface area (Å²) in [5.41, 5.74) is -1.89.